The number of amides is 3. The van der Waals surface area contributed by atoms with Crippen LogP contribution in [0.5, 0.6) is 11.5 Å². The molecule has 8 heteroatoms. The molecular weight excluding hydrogens is 362 g/mol. The summed E-state index contributed by atoms with van der Waals surface area (Å²) in [5.41, 5.74) is 0.547. The Labute approximate surface area is 163 Å². The van der Waals surface area contributed by atoms with Crippen molar-refractivity contribution in [3.05, 3.63) is 54.6 Å². The van der Waals surface area contributed by atoms with E-state index in [4.69, 9.17) is 9.47 Å². The second kappa shape index (κ2) is 10.6. The molecular formula is C20H23N3O5. The maximum atomic E-state index is 11.9. The molecule has 2 rings (SSSR count). The van der Waals surface area contributed by atoms with Gasteiger partial charge in [-0.15, -0.1) is 0 Å². The van der Waals surface area contributed by atoms with E-state index < -0.39 is 5.91 Å². The minimum absolute atomic E-state index is 0.0597. The molecule has 0 unspecified atom stereocenters. The molecule has 0 aliphatic rings. The number of carbonyl (C=O) groups excluding carboxylic acids is 3. The van der Waals surface area contributed by atoms with E-state index in [9.17, 15) is 14.4 Å². The van der Waals surface area contributed by atoms with Crippen molar-refractivity contribution < 1.29 is 23.9 Å². The quantitative estimate of drug-likeness (QED) is 0.678. The molecule has 0 heterocycles. The van der Waals surface area contributed by atoms with Gasteiger partial charge >= 0.3 is 0 Å². The van der Waals surface area contributed by atoms with Crippen molar-refractivity contribution in [2.75, 3.05) is 39.2 Å². The molecule has 0 saturated carbocycles. The Balaban J connectivity index is 1.69. The third-order valence-electron chi connectivity index (χ3n) is 3.56. The Morgan fingerprint density at radius 1 is 0.821 bits per heavy atom. The molecule has 0 saturated heterocycles. The summed E-state index contributed by atoms with van der Waals surface area (Å²) in [6.45, 7) is -0.405. The first-order valence-corrected chi connectivity index (χ1v) is 8.61. The number of hydrogen-bond acceptors (Lipinski definition) is 5. The molecule has 2 aromatic rings. The van der Waals surface area contributed by atoms with Gasteiger partial charge in [0.2, 0.25) is 5.91 Å². The summed E-state index contributed by atoms with van der Waals surface area (Å²) >= 11 is 0. The van der Waals surface area contributed by atoms with E-state index >= 15 is 0 Å². The Morgan fingerprint density at radius 3 is 2.07 bits per heavy atom. The lowest BCUT2D eigenvalue weighted by molar-refractivity contribution is -0.130. The fourth-order valence-corrected chi connectivity index (χ4v) is 2.01. The van der Waals surface area contributed by atoms with Crippen LogP contribution in [0.15, 0.2) is 54.6 Å². The monoisotopic (exact) mass is 385 g/mol. The Hall–Kier alpha value is -3.55. The number of para-hydroxylation sites is 1. The van der Waals surface area contributed by atoms with Gasteiger partial charge in [-0.05, 0) is 36.4 Å². The van der Waals surface area contributed by atoms with E-state index in [1.807, 2.05) is 6.07 Å². The highest BCUT2D eigenvalue weighted by atomic mass is 16.5. The van der Waals surface area contributed by atoms with Gasteiger partial charge in [0.1, 0.15) is 11.5 Å². The van der Waals surface area contributed by atoms with E-state index in [2.05, 4.69) is 10.6 Å². The third kappa shape index (κ3) is 7.36. The Bertz CT molecular complexity index is 791. The van der Waals surface area contributed by atoms with Crippen LogP contribution >= 0.6 is 0 Å². The minimum atomic E-state index is -0.395. The highest BCUT2D eigenvalue weighted by Gasteiger charge is 2.08. The fraction of sp³-hybridized carbons (Fsp3) is 0.250. The predicted octanol–water partition coefficient (Wildman–Crippen LogP) is 1.29. The first-order valence-electron chi connectivity index (χ1n) is 8.61. The summed E-state index contributed by atoms with van der Waals surface area (Å²) in [5.74, 6) is 0.179. The SMILES string of the molecule is CN(C)C(=O)COc1ccc(NC(=O)CNC(=O)COc2ccccc2)cc1. The van der Waals surface area contributed by atoms with Crippen molar-refractivity contribution >= 4 is 23.4 Å². The van der Waals surface area contributed by atoms with Gasteiger partial charge in [-0.1, -0.05) is 18.2 Å². The number of nitrogens with zero attached hydrogens (tertiary/aromatic N) is 1. The lowest BCUT2D eigenvalue weighted by Gasteiger charge is -2.12. The van der Waals surface area contributed by atoms with Gasteiger partial charge in [-0.3, -0.25) is 14.4 Å². The number of ether oxygens (including phenoxy) is 2. The topological polar surface area (TPSA) is 97.0 Å². The second-order valence-electron chi connectivity index (χ2n) is 6.03. The molecule has 148 valence electrons. The fourth-order valence-electron chi connectivity index (χ4n) is 2.01. The summed E-state index contributed by atoms with van der Waals surface area (Å²) < 4.78 is 10.7. The number of hydrogen-bond donors (Lipinski definition) is 2. The summed E-state index contributed by atoms with van der Waals surface area (Å²) in [5, 5.41) is 5.14. The molecule has 0 aliphatic heterocycles. The van der Waals surface area contributed by atoms with E-state index in [0.29, 0.717) is 17.2 Å². The van der Waals surface area contributed by atoms with Crippen LogP contribution in [0.2, 0.25) is 0 Å². The van der Waals surface area contributed by atoms with E-state index in [1.54, 1.807) is 62.6 Å². The molecule has 3 amide bonds. The van der Waals surface area contributed by atoms with Gasteiger partial charge in [0.25, 0.3) is 11.8 Å². The van der Waals surface area contributed by atoms with Crippen LogP contribution in [-0.2, 0) is 14.4 Å². The molecule has 0 bridgehead atoms. The molecule has 0 atom stereocenters. The van der Waals surface area contributed by atoms with Crippen molar-refractivity contribution in [3.63, 3.8) is 0 Å². The maximum Gasteiger partial charge on any atom is 0.259 e. The smallest absolute Gasteiger partial charge is 0.259 e. The van der Waals surface area contributed by atoms with E-state index in [1.165, 1.54) is 4.90 Å². The number of likely N-dealkylation sites (N-methyl/N-ethyl adjacent to an activating group) is 1. The minimum Gasteiger partial charge on any atom is -0.484 e. The number of carbonyl (C=O) groups is 3. The normalized spacial score (nSPS) is 9.93. The maximum absolute atomic E-state index is 11.9. The first-order chi connectivity index (χ1) is 13.4. The van der Waals surface area contributed by atoms with Gasteiger partial charge in [-0.25, -0.2) is 0 Å². The standard InChI is InChI=1S/C20H23N3O5/c1-23(2)20(26)14-28-17-10-8-15(9-11-17)22-18(24)12-21-19(25)13-27-16-6-4-3-5-7-16/h3-11H,12-14H2,1-2H3,(H,21,25)(H,22,24). The lowest BCUT2D eigenvalue weighted by atomic mass is 10.3. The summed E-state index contributed by atoms with van der Waals surface area (Å²) in [4.78, 5) is 36.6. The van der Waals surface area contributed by atoms with Gasteiger partial charge in [0.05, 0.1) is 6.54 Å². The van der Waals surface area contributed by atoms with Crippen LogP contribution in [0, 0.1) is 0 Å². The molecule has 0 aliphatic carbocycles. The van der Waals surface area contributed by atoms with Crippen molar-refractivity contribution in [2.45, 2.75) is 0 Å². The van der Waals surface area contributed by atoms with Crippen LogP contribution in [0.3, 0.4) is 0 Å². The van der Waals surface area contributed by atoms with Crippen molar-refractivity contribution in [1.29, 1.82) is 0 Å². The highest BCUT2D eigenvalue weighted by Crippen LogP contribution is 2.15. The number of benzene rings is 2. The van der Waals surface area contributed by atoms with Crippen LogP contribution in [0.25, 0.3) is 0 Å². The average molecular weight is 385 g/mol. The highest BCUT2D eigenvalue weighted by molar-refractivity contribution is 5.94. The van der Waals surface area contributed by atoms with E-state index in [0.717, 1.165) is 0 Å². The van der Waals surface area contributed by atoms with Gasteiger partial charge in [0, 0.05) is 19.8 Å². The van der Waals surface area contributed by atoms with Crippen molar-refractivity contribution in [3.8, 4) is 11.5 Å². The van der Waals surface area contributed by atoms with Gasteiger partial charge in [-0.2, -0.15) is 0 Å². The van der Waals surface area contributed by atoms with E-state index in [-0.39, 0.29) is 31.6 Å². The summed E-state index contributed by atoms with van der Waals surface area (Å²) in [6, 6.07) is 15.5. The number of rotatable bonds is 9. The van der Waals surface area contributed by atoms with Crippen LogP contribution < -0.4 is 20.1 Å². The molecule has 2 aromatic carbocycles. The molecule has 28 heavy (non-hydrogen) atoms. The number of anilines is 1. The summed E-state index contributed by atoms with van der Waals surface area (Å²) in [6.07, 6.45) is 0. The predicted molar refractivity (Wildman–Crippen MR) is 104 cm³/mol. The molecule has 2 N–H and O–H groups in total. The van der Waals surface area contributed by atoms with Gasteiger partial charge in [0.15, 0.2) is 13.2 Å². The number of nitrogens with one attached hydrogen (secondary N) is 2. The first kappa shape index (κ1) is 20.8. The molecule has 0 fully saturated rings. The average Bonchev–Trinajstić information content (AvgIpc) is 2.70. The van der Waals surface area contributed by atoms with Crippen molar-refractivity contribution in [2.24, 2.45) is 0 Å². The second-order valence-corrected chi connectivity index (χ2v) is 6.03. The van der Waals surface area contributed by atoms with Crippen LogP contribution in [0.4, 0.5) is 5.69 Å². The Kier molecular flexibility index (Phi) is 7.83. The van der Waals surface area contributed by atoms with Crippen molar-refractivity contribution in [1.82, 2.24) is 10.2 Å². The Morgan fingerprint density at radius 2 is 1.43 bits per heavy atom. The van der Waals surface area contributed by atoms with Gasteiger partial charge < -0.3 is 25.0 Å². The zero-order valence-corrected chi connectivity index (χ0v) is 15.8. The van der Waals surface area contributed by atoms with Crippen LogP contribution in [-0.4, -0.2) is 56.5 Å². The lowest BCUT2D eigenvalue weighted by Crippen LogP contribution is -2.35. The van der Waals surface area contributed by atoms with Crippen LogP contribution in [0.1, 0.15) is 0 Å². The summed E-state index contributed by atoms with van der Waals surface area (Å²) in [7, 11) is 3.30. The molecule has 8 nitrogen and oxygen atoms in total. The zero-order chi connectivity index (χ0) is 20.4. The molecule has 0 aromatic heterocycles. The molecule has 0 radical (unpaired) electrons. The third-order valence-corrected chi connectivity index (χ3v) is 3.56. The zero-order valence-electron chi connectivity index (χ0n) is 15.8. The largest absolute Gasteiger partial charge is 0.484 e. The molecule has 0 spiro atoms.